The Morgan fingerprint density at radius 3 is 2.20 bits per heavy atom. The molecule has 25 heavy (non-hydrogen) atoms. The largest absolute Gasteiger partial charge is 0.416 e. The Bertz CT molecular complexity index is 696. The molecule has 2 nitrogen and oxygen atoms in total. The maximum Gasteiger partial charge on any atom is 0.416 e. The molecular weight excluding hydrogens is 358 g/mol. The molecule has 1 aromatic carbocycles. The molecule has 0 aliphatic carbocycles. The van der Waals surface area contributed by atoms with Gasteiger partial charge in [-0.25, -0.2) is 4.39 Å². The number of pyridine rings is 1. The summed E-state index contributed by atoms with van der Waals surface area (Å²) in [7, 11) is 0. The van der Waals surface area contributed by atoms with Gasteiger partial charge >= 0.3 is 6.18 Å². The second-order valence-corrected chi connectivity index (χ2v) is 5.07. The first-order chi connectivity index (χ1) is 11.7. The molecule has 0 unspecified atom stereocenters. The fourth-order valence-corrected chi connectivity index (χ4v) is 1.95. The minimum atomic E-state index is -4.58. The summed E-state index contributed by atoms with van der Waals surface area (Å²) < 4.78 is 51.4. The molecule has 1 heterocycles. The third-order valence-electron chi connectivity index (χ3n) is 2.94. The van der Waals surface area contributed by atoms with Gasteiger partial charge in [0.25, 0.3) is 0 Å². The van der Waals surface area contributed by atoms with Crippen molar-refractivity contribution in [1.82, 2.24) is 4.98 Å². The van der Waals surface area contributed by atoms with E-state index < -0.39 is 23.5 Å². The Balaban J connectivity index is 0.00000104. The Hall–Kier alpha value is -2.39. The van der Waals surface area contributed by atoms with Crippen LogP contribution in [-0.2, 0) is 11.0 Å². The molecule has 2 aromatic rings. The zero-order chi connectivity index (χ0) is 19.6. The number of hydrogen-bond acceptors (Lipinski definition) is 2. The predicted molar refractivity (Wildman–Crippen MR) is 89.8 cm³/mol. The van der Waals surface area contributed by atoms with Gasteiger partial charge in [-0.3, -0.25) is 4.98 Å². The van der Waals surface area contributed by atoms with Crippen molar-refractivity contribution in [3.63, 3.8) is 0 Å². The molecule has 7 heteroatoms. The topological polar surface area (TPSA) is 30.0 Å². The lowest BCUT2D eigenvalue weighted by Crippen LogP contribution is -2.08. The average Bonchev–Trinajstić information content (AvgIpc) is 2.56. The third-order valence-corrected chi connectivity index (χ3v) is 3.16. The van der Waals surface area contributed by atoms with Crippen LogP contribution in [0.4, 0.5) is 17.6 Å². The average molecular weight is 374 g/mol. The molecule has 2 rings (SSSR count). The highest BCUT2D eigenvalue weighted by Gasteiger charge is 2.31. The first-order valence-corrected chi connectivity index (χ1v) is 7.29. The quantitative estimate of drug-likeness (QED) is 0.395. The van der Waals surface area contributed by atoms with E-state index in [0.29, 0.717) is 16.8 Å². The summed E-state index contributed by atoms with van der Waals surface area (Å²) in [5.74, 6) is -1.39. The summed E-state index contributed by atoms with van der Waals surface area (Å²) in [5.41, 5.74) is -0.270. The molecule has 0 amide bonds. The van der Waals surface area contributed by atoms with Crippen LogP contribution in [0.5, 0.6) is 0 Å². The predicted octanol–water partition coefficient (Wildman–Crippen LogP) is 5.50. The van der Waals surface area contributed by atoms with Crippen LogP contribution in [0.2, 0.25) is 5.02 Å². The fourth-order valence-electron chi connectivity index (χ4n) is 1.84. The van der Waals surface area contributed by atoms with E-state index in [0.717, 1.165) is 18.4 Å². The van der Waals surface area contributed by atoms with Crippen molar-refractivity contribution in [2.75, 3.05) is 0 Å². The molecule has 0 aliphatic heterocycles. The van der Waals surface area contributed by atoms with Gasteiger partial charge < -0.3 is 4.79 Å². The van der Waals surface area contributed by atoms with Gasteiger partial charge in [-0.15, -0.1) is 12.8 Å². The molecule has 1 aromatic heterocycles. The van der Waals surface area contributed by atoms with Crippen molar-refractivity contribution in [3.05, 3.63) is 64.2 Å². The highest BCUT2D eigenvalue weighted by Crippen LogP contribution is 2.33. The maximum absolute atomic E-state index is 13.4. The second kappa shape index (κ2) is 10.5. The number of carbonyl (C=O) groups excluding carboxylic acids is 1. The van der Waals surface area contributed by atoms with Crippen LogP contribution in [0.3, 0.4) is 0 Å². The van der Waals surface area contributed by atoms with Gasteiger partial charge in [0.05, 0.1) is 10.6 Å². The van der Waals surface area contributed by atoms with E-state index in [1.807, 2.05) is 0 Å². The van der Waals surface area contributed by atoms with Crippen LogP contribution in [-0.4, -0.2) is 11.3 Å². The lowest BCUT2D eigenvalue weighted by atomic mass is 9.95. The molecule has 134 valence electrons. The number of nitrogens with zero attached hydrogens (tertiary/aromatic N) is 1. The van der Waals surface area contributed by atoms with Crippen molar-refractivity contribution < 1.29 is 22.4 Å². The smallest absolute Gasteiger partial charge is 0.304 e. The Kier molecular flexibility index (Phi) is 9.47. The number of alkyl halides is 3. The monoisotopic (exact) mass is 373 g/mol. The van der Waals surface area contributed by atoms with Gasteiger partial charge in [0.15, 0.2) is 0 Å². The summed E-state index contributed by atoms with van der Waals surface area (Å²) in [4.78, 5) is 12.8. The van der Waals surface area contributed by atoms with Gasteiger partial charge in [-0.2, -0.15) is 13.2 Å². The number of rotatable bonds is 2. The normalized spacial score (nSPS) is 11.2. The summed E-state index contributed by atoms with van der Waals surface area (Å²) in [6.07, 6.45) is 5.57. The lowest BCUT2D eigenvalue weighted by molar-refractivity contribution is -0.137. The number of carbonyl (C=O) groups is 1. The van der Waals surface area contributed by atoms with E-state index in [1.165, 1.54) is 13.1 Å². The van der Waals surface area contributed by atoms with Crippen molar-refractivity contribution in [1.29, 1.82) is 0 Å². The Morgan fingerprint density at radius 2 is 1.76 bits per heavy atom. The summed E-state index contributed by atoms with van der Waals surface area (Å²) in [6.45, 7) is 3.10. The number of terminal acetylenes is 1. The van der Waals surface area contributed by atoms with Crippen molar-refractivity contribution in [2.24, 2.45) is 0 Å². The van der Waals surface area contributed by atoms with Crippen molar-refractivity contribution in [3.8, 4) is 12.8 Å². The number of benzene rings is 1. The van der Waals surface area contributed by atoms with Crippen LogP contribution < -0.4 is 0 Å². The van der Waals surface area contributed by atoms with Crippen molar-refractivity contribution in [2.45, 2.75) is 25.9 Å². The second-order valence-electron chi connectivity index (χ2n) is 4.63. The zero-order valence-corrected chi connectivity index (χ0v) is 14.3. The Morgan fingerprint density at radius 1 is 1.20 bits per heavy atom. The fraction of sp³-hybridized carbons (Fsp3) is 0.222. The molecule has 0 N–H and O–H groups in total. The third kappa shape index (κ3) is 7.36. The van der Waals surface area contributed by atoms with Crippen LogP contribution >= 0.6 is 11.6 Å². The summed E-state index contributed by atoms with van der Waals surface area (Å²) in [6, 6.07) is 5.68. The van der Waals surface area contributed by atoms with E-state index in [-0.39, 0.29) is 5.56 Å². The van der Waals surface area contributed by atoms with Gasteiger partial charge in [0, 0.05) is 17.8 Å². The van der Waals surface area contributed by atoms with E-state index >= 15 is 0 Å². The van der Waals surface area contributed by atoms with E-state index in [2.05, 4.69) is 17.8 Å². The molecule has 0 fully saturated rings. The lowest BCUT2D eigenvalue weighted by Gasteiger charge is -2.14. The van der Waals surface area contributed by atoms with Gasteiger partial charge in [0.1, 0.15) is 12.1 Å². The molecule has 1 atom stereocenters. The van der Waals surface area contributed by atoms with Gasteiger partial charge in [-0.1, -0.05) is 18.5 Å². The molecule has 0 saturated heterocycles. The number of aromatic nitrogens is 1. The van der Waals surface area contributed by atoms with Gasteiger partial charge in [0.2, 0.25) is 0 Å². The van der Waals surface area contributed by atoms with E-state index in [1.54, 1.807) is 19.1 Å². The first-order valence-electron chi connectivity index (χ1n) is 6.91. The zero-order valence-electron chi connectivity index (χ0n) is 13.5. The summed E-state index contributed by atoms with van der Waals surface area (Å²) in [5, 5.41) is 0.427. The van der Waals surface area contributed by atoms with Gasteiger partial charge in [-0.05, 0) is 42.8 Å². The number of aldehydes is 1. The molecule has 0 spiro atoms. The molecule has 0 bridgehead atoms. The maximum atomic E-state index is 13.4. The van der Waals surface area contributed by atoms with Crippen molar-refractivity contribution >= 4 is 17.9 Å². The van der Waals surface area contributed by atoms with Crippen LogP contribution in [0.15, 0.2) is 36.5 Å². The molecular formula is C18H16ClF4NO. The molecule has 0 radical (unpaired) electrons. The Labute approximate surface area is 148 Å². The minimum absolute atomic E-state index is 0.215. The summed E-state index contributed by atoms with van der Waals surface area (Å²) >= 11 is 5.70. The molecule has 0 saturated carbocycles. The van der Waals surface area contributed by atoms with Crippen LogP contribution in [0.1, 0.15) is 36.6 Å². The highest BCUT2D eigenvalue weighted by atomic mass is 35.5. The highest BCUT2D eigenvalue weighted by molar-refractivity contribution is 6.30. The minimum Gasteiger partial charge on any atom is -0.304 e. The number of hydrogen-bond donors (Lipinski definition) is 0. The van der Waals surface area contributed by atoms with E-state index in [4.69, 9.17) is 16.4 Å². The van der Waals surface area contributed by atoms with Crippen LogP contribution in [0.25, 0.3) is 0 Å². The SMILES string of the molecule is C#C.CC=O.C[C@@H](c1cc(F)cc(C(F)(F)F)c1)c1ccc(Cl)cn1. The standard InChI is InChI=1S/C14H10ClF4N.C2H4O.C2H2/c1-8(13-3-2-11(15)7-20-13)9-4-10(14(17,18)19)6-12(16)5-9;1-2-3;1-2/h2-8H,1H3;2H,1H3;1-2H/t8-;;/m0../s1. The molecule has 0 aliphatic rings. The van der Waals surface area contributed by atoms with Crippen LogP contribution in [0, 0.1) is 18.7 Å². The first kappa shape index (κ1) is 22.6. The van der Waals surface area contributed by atoms with E-state index in [9.17, 15) is 17.6 Å². The number of halogens is 5.